The Labute approximate surface area is 124 Å². The molecular weight excluding hydrogens is 272 g/mol. The van der Waals surface area contributed by atoms with Crippen molar-refractivity contribution in [3.05, 3.63) is 0 Å². The van der Waals surface area contributed by atoms with Crippen LogP contribution in [0.3, 0.4) is 0 Å². The molecule has 0 saturated carbocycles. The third-order valence-corrected chi connectivity index (χ3v) is 7.52. The highest BCUT2D eigenvalue weighted by Gasteiger charge is 2.37. The summed E-state index contributed by atoms with van der Waals surface area (Å²) in [6, 6.07) is 0. The molecule has 2 aliphatic rings. The van der Waals surface area contributed by atoms with Crippen LogP contribution in [-0.2, 0) is 10.0 Å². The highest BCUT2D eigenvalue weighted by molar-refractivity contribution is 7.89. The van der Waals surface area contributed by atoms with Crippen LogP contribution in [0.4, 0.5) is 0 Å². The maximum absolute atomic E-state index is 12.7. The number of sulfonamides is 1. The molecule has 118 valence electrons. The van der Waals surface area contributed by atoms with Gasteiger partial charge in [-0.25, -0.2) is 12.7 Å². The molecular formula is C15H30N2O2S. The maximum atomic E-state index is 12.7. The minimum absolute atomic E-state index is 0.148. The first-order valence-electron chi connectivity index (χ1n) is 7.89. The minimum Gasteiger partial charge on any atom is -0.306 e. The Kier molecular flexibility index (Phi) is 4.82. The molecule has 0 atom stereocenters. The summed E-state index contributed by atoms with van der Waals surface area (Å²) in [5.41, 5.74) is 0.295. The van der Waals surface area contributed by atoms with E-state index in [0.717, 1.165) is 51.9 Å². The van der Waals surface area contributed by atoms with Gasteiger partial charge in [0.05, 0.1) is 5.25 Å². The monoisotopic (exact) mass is 302 g/mol. The van der Waals surface area contributed by atoms with Crippen molar-refractivity contribution in [2.45, 2.75) is 51.7 Å². The number of likely N-dealkylation sites (tertiary alicyclic amines) is 1. The first kappa shape index (κ1) is 16.2. The number of piperidine rings is 2. The van der Waals surface area contributed by atoms with E-state index < -0.39 is 10.0 Å². The van der Waals surface area contributed by atoms with E-state index in [2.05, 4.69) is 32.7 Å². The van der Waals surface area contributed by atoms with Crippen LogP contribution in [0.25, 0.3) is 0 Å². The van der Waals surface area contributed by atoms with Gasteiger partial charge in [-0.2, -0.15) is 0 Å². The lowest BCUT2D eigenvalue weighted by Crippen LogP contribution is -2.48. The van der Waals surface area contributed by atoms with E-state index in [9.17, 15) is 8.42 Å². The van der Waals surface area contributed by atoms with Gasteiger partial charge in [0.25, 0.3) is 0 Å². The Morgan fingerprint density at radius 3 is 1.85 bits per heavy atom. The maximum Gasteiger partial charge on any atom is 0.217 e. The van der Waals surface area contributed by atoms with Crippen molar-refractivity contribution in [2.75, 3.05) is 33.2 Å². The average Bonchev–Trinajstić information content (AvgIpc) is 2.38. The number of hydrogen-bond donors (Lipinski definition) is 0. The van der Waals surface area contributed by atoms with Gasteiger partial charge in [0.1, 0.15) is 0 Å². The van der Waals surface area contributed by atoms with Crippen molar-refractivity contribution in [1.29, 1.82) is 0 Å². The molecule has 2 fully saturated rings. The summed E-state index contributed by atoms with van der Waals surface area (Å²) in [5.74, 6) is 0.645. The van der Waals surface area contributed by atoms with Crippen LogP contribution in [0, 0.1) is 11.3 Å². The lowest BCUT2D eigenvalue weighted by molar-refractivity contribution is 0.152. The third-order valence-electron chi connectivity index (χ3n) is 5.13. The van der Waals surface area contributed by atoms with Crippen molar-refractivity contribution < 1.29 is 8.42 Å². The zero-order valence-corrected chi connectivity index (χ0v) is 14.2. The van der Waals surface area contributed by atoms with E-state index in [1.165, 1.54) is 0 Å². The van der Waals surface area contributed by atoms with Crippen molar-refractivity contribution in [2.24, 2.45) is 11.3 Å². The van der Waals surface area contributed by atoms with Gasteiger partial charge in [0.15, 0.2) is 0 Å². The fraction of sp³-hybridized carbons (Fsp3) is 1.00. The van der Waals surface area contributed by atoms with Crippen molar-refractivity contribution in [3.8, 4) is 0 Å². The second-order valence-electron chi connectivity index (χ2n) is 7.59. The largest absolute Gasteiger partial charge is 0.306 e. The molecule has 0 aromatic heterocycles. The van der Waals surface area contributed by atoms with E-state index in [1.54, 1.807) is 4.31 Å². The highest BCUT2D eigenvalue weighted by Crippen LogP contribution is 2.35. The highest BCUT2D eigenvalue weighted by atomic mass is 32.2. The summed E-state index contributed by atoms with van der Waals surface area (Å²) < 4.78 is 27.2. The van der Waals surface area contributed by atoms with Crippen LogP contribution >= 0.6 is 0 Å². The standard InChI is InChI=1S/C15H30N2O2S/c1-15(2,3)13-5-11-17(12-6-13)20(18,19)14-7-9-16(4)10-8-14/h13-14H,5-12H2,1-4H3. The molecule has 2 saturated heterocycles. The smallest absolute Gasteiger partial charge is 0.217 e. The molecule has 2 heterocycles. The zero-order chi connectivity index (χ0) is 15.0. The third kappa shape index (κ3) is 3.55. The zero-order valence-electron chi connectivity index (χ0n) is 13.4. The molecule has 2 aliphatic heterocycles. The van der Waals surface area contributed by atoms with E-state index in [4.69, 9.17) is 0 Å². The van der Waals surface area contributed by atoms with Gasteiger partial charge in [0, 0.05) is 13.1 Å². The van der Waals surface area contributed by atoms with Crippen LogP contribution in [-0.4, -0.2) is 56.1 Å². The Bertz CT molecular complexity index is 412. The Balaban J connectivity index is 1.95. The Morgan fingerprint density at radius 2 is 1.40 bits per heavy atom. The van der Waals surface area contributed by atoms with Crippen LogP contribution < -0.4 is 0 Å². The van der Waals surface area contributed by atoms with Gasteiger partial charge in [-0.15, -0.1) is 0 Å². The SMILES string of the molecule is CN1CCC(S(=O)(=O)N2CCC(C(C)(C)C)CC2)CC1. The van der Waals surface area contributed by atoms with Crippen LogP contribution in [0.2, 0.25) is 0 Å². The molecule has 0 spiro atoms. The predicted octanol–water partition coefficient (Wildman–Crippen LogP) is 2.17. The lowest BCUT2D eigenvalue weighted by Gasteiger charge is -2.40. The second kappa shape index (κ2) is 5.93. The van der Waals surface area contributed by atoms with Gasteiger partial charge in [-0.1, -0.05) is 20.8 Å². The normalized spacial score (nSPS) is 26.0. The topological polar surface area (TPSA) is 40.6 Å². The molecule has 0 aromatic carbocycles. The van der Waals surface area contributed by atoms with Gasteiger partial charge in [-0.05, 0) is 57.2 Å². The van der Waals surface area contributed by atoms with Gasteiger partial charge in [0.2, 0.25) is 10.0 Å². The van der Waals surface area contributed by atoms with Gasteiger partial charge in [-0.3, -0.25) is 0 Å². The van der Waals surface area contributed by atoms with Crippen molar-refractivity contribution in [1.82, 2.24) is 9.21 Å². The molecule has 0 radical (unpaired) electrons. The molecule has 0 unspecified atom stereocenters. The van der Waals surface area contributed by atoms with Crippen molar-refractivity contribution in [3.63, 3.8) is 0 Å². The van der Waals surface area contributed by atoms with Crippen molar-refractivity contribution >= 4 is 10.0 Å². The van der Waals surface area contributed by atoms with Crippen LogP contribution in [0.15, 0.2) is 0 Å². The summed E-state index contributed by atoms with van der Waals surface area (Å²) in [4.78, 5) is 2.22. The summed E-state index contributed by atoms with van der Waals surface area (Å²) in [5, 5.41) is -0.148. The minimum atomic E-state index is -3.07. The Morgan fingerprint density at radius 1 is 0.900 bits per heavy atom. The fourth-order valence-electron chi connectivity index (χ4n) is 3.47. The molecule has 0 aromatic rings. The molecule has 5 heteroatoms. The predicted molar refractivity (Wildman–Crippen MR) is 83.2 cm³/mol. The summed E-state index contributed by atoms with van der Waals surface area (Å²) in [6.45, 7) is 10.0. The molecule has 20 heavy (non-hydrogen) atoms. The lowest BCUT2D eigenvalue weighted by atomic mass is 9.76. The van der Waals surface area contributed by atoms with Crippen LogP contribution in [0.5, 0.6) is 0 Å². The first-order valence-corrected chi connectivity index (χ1v) is 9.39. The Hall–Kier alpha value is -0.130. The first-order chi connectivity index (χ1) is 9.21. The van der Waals surface area contributed by atoms with Gasteiger partial charge >= 0.3 is 0 Å². The number of hydrogen-bond acceptors (Lipinski definition) is 3. The molecule has 0 N–H and O–H groups in total. The molecule has 4 nitrogen and oxygen atoms in total. The van der Waals surface area contributed by atoms with E-state index >= 15 is 0 Å². The van der Waals surface area contributed by atoms with E-state index in [0.29, 0.717) is 11.3 Å². The summed E-state index contributed by atoms with van der Waals surface area (Å²) in [7, 11) is -1.00. The van der Waals surface area contributed by atoms with E-state index in [-0.39, 0.29) is 5.25 Å². The number of nitrogens with zero attached hydrogens (tertiary/aromatic N) is 2. The fourth-order valence-corrected chi connectivity index (χ4v) is 5.42. The molecule has 0 aliphatic carbocycles. The molecule has 2 rings (SSSR count). The van der Waals surface area contributed by atoms with E-state index in [1.807, 2.05) is 0 Å². The number of rotatable bonds is 2. The average molecular weight is 302 g/mol. The summed E-state index contributed by atoms with van der Waals surface area (Å²) in [6.07, 6.45) is 3.60. The van der Waals surface area contributed by atoms with Gasteiger partial charge < -0.3 is 4.90 Å². The second-order valence-corrected chi connectivity index (χ2v) is 9.80. The summed E-state index contributed by atoms with van der Waals surface area (Å²) >= 11 is 0. The quantitative estimate of drug-likeness (QED) is 0.785. The molecule has 0 amide bonds. The van der Waals surface area contributed by atoms with Crippen LogP contribution in [0.1, 0.15) is 46.5 Å². The molecule has 0 bridgehead atoms.